The van der Waals surface area contributed by atoms with Crippen LogP contribution < -0.4 is 4.90 Å². The van der Waals surface area contributed by atoms with Crippen molar-refractivity contribution < 1.29 is 9.18 Å². The van der Waals surface area contributed by atoms with E-state index < -0.39 is 0 Å². The average molecular weight is 358 g/mol. The number of para-hydroxylation sites is 1. The van der Waals surface area contributed by atoms with E-state index in [4.69, 9.17) is 0 Å². The molecule has 0 saturated carbocycles. The number of aryl methyl sites for hydroxylation is 2. The summed E-state index contributed by atoms with van der Waals surface area (Å²) in [6.07, 6.45) is 0. The number of halogens is 1. The number of hydrogen-bond donors (Lipinski definition) is 0. The van der Waals surface area contributed by atoms with Crippen molar-refractivity contribution in [2.45, 2.75) is 6.92 Å². The van der Waals surface area contributed by atoms with Gasteiger partial charge in [0.25, 0.3) is 5.91 Å². The second-order valence-electron chi connectivity index (χ2n) is 6.27. The van der Waals surface area contributed by atoms with Gasteiger partial charge in [-0.05, 0) is 25.1 Å². The van der Waals surface area contributed by atoms with Crippen molar-refractivity contribution in [2.75, 3.05) is 31.1 Å². The number of benzene rings is 1. The van der Waals surface area contributed by atoms with Crippen molar-refractivity contribution in [3.05, 3.63) is 46.7 Å². The SMILES string of the molecule is Cc1nn(C)c2sc(C(=O)N3CCN(c4ccccc4F)CC3)cc12. The third-order valence-electron chi connectivity index (χ3n) is 4.67. The molecule has 0 aliphatic carbocycles. The van der Waals surface area contributed by atoms with Gasteiger partial charge in [0.15, 0.2) is 0 Å². The minimum absolute atomic E-state index is 0.0498. The number of amides is 1. The number of nitrogens with zero attached hydrogens (tertiary/aromatic N) is 4. The fourth-order valence-electron chi connectivity index (χ4n) is 3.33. The molecular weight excluding hydrogens is 339 g/mol. The van der Waals surface area contributed by atoms with Gasteiger partial charge in [-0.25, -0.2) is 4.39 Å². The second-order valence-corrected chi connectivity index (χ2v) is 7.30. The van der Waals surface area contributed by atoms with E-state index in [0.717, 1.165) is 20.8 Å². The lowest BCUT2D eigenvalue weighted by atomic mass is 10.2. The van der Waals surface area contributed by atoms with Crippen LogP contribution in [0, 0.1) is 12.7 Å². The second kappa shape index (κ2) is 6.15. The highest BCUT2D eigenvalue weighted by molar-refractivity contribution is 7.20. The van der Waals surface area contributed by atoms with Gasteiger partial charge in [0.2, 0.25) is 0 Å². The van der Waals surface area contributed by atoms with E-state index >= 15 is 0 Å². The zero-order valence-electron chi connectivity index (χ0n) is 14.2. The third kappa shape index (κ3) is 2.78. The first kappa shape index (κ1) is 16.1. The normalized spacial score (nSPS) is 15.2. The van der Waals surface area contributed by atoms with Crippen molar-refractivity contribution in [3.8, 4) is 0 Å². The van der Waals surface area contributed by atoms with E-state index in [0.29, 0.717) is 31.9 Å². The van der Waals surface area contributed by atoms with Crippen molar-refractivity contribution in [1.82, 2.24) is 14.7 Å². The highest BCUT2D eigenvalue weighted by atomic mass is 32.1. The van der Waals surface area contributed by atoms with E-state index in [2.05, 4.69) is 5.10 Å². The summed E-state index contributed by atoms with van der Waals surface area (Å²) in [7, 11) is 1.90. The molecule has 1 aliphatic rings. The topological polar surface area (TPSA) is 41.4 Å². The van der Waals surface area contributed by atoms with Gasteiger partial charge in [-0.3, -0.25) is 9.48 Å². The van der Waals surface area contributed by atoms with Crippen LogP contribution in [0.1, 0.15) is 15.4 Å². The number of hydrogen-bond acceptors (Lipinski definition) is 4. The Hall–Kier alpha value is -2.41. The van der Waals surface area contributed by atoms with Crippen LogP contribution in [-0.2, 0) is 7.05 Å². The average Bonchev–Trinajstić information content (AvgIpc) is 3.17. The molecule has 2 aromatic heterocycles. The van der Waals surface area contributed by atoms with Crippen molar-refractivity contribution in [1.29, 1.82) is 0 Å². The molecule has 5 nitrogen and oxygen atoms in total. The fourth-order valence-corrected chi connectivity index (χ4v) is 4.42. The van der Waals surface area contributed by atoms with Gasteiger partial charge in [-0.1, -0.05) is 12.1 Å². The number of piperazine rings is 1. The van der Waals surface area contributed by atoms with Crippen LogP contribution in [0.5, 0.6) is 0 Å². The summed E-state index contributed by atoms with van der Waals surface area (Å²) < 4.78 is 15.7. The van der Waals surface area contributed by atoms with Gasteiger partial charge in [0, 0.05) is 38.6 Å². The summed E-state index contributed by atoms with van der Waals surface area (Å²) in [5.74, 6) is -0.163. The number of rotatable bonds is 2. The predicted octanol–water partition coefficient (Wildman–Crippen LogP) is 3.04. The standard InChI is InChI=1S/C18H19FN4OS/c1-12-13-11-16(25-18(13)21(2)20-12)17(24)23-9-7-22(8-10-23)15-6-4-3-5-14(15)19/h3-6,11H,7-10H2,1-2H3. The van der Waals surface area contributed by atoms with E-state index in [1.165, 1.54) is 17.4 Å². The summed E-state index contributed by atoms with van der Waals surface area (Å²) in [6, 6.07) is 8.73. The third-order valence-corrected chi connectivity index (χ3v) is 5.86. The fraction of sp³-hybridized carbons (Fsp3) is 0.333. The maximum atomic E-state index is 13.9. The zero-order chi connectivity index (χ0) is 17.6. The van der Waals surface area contributed by atoms with Gasteiger partial charge in [-0.15, -0.1) is 11.3 Å². The summed E-state index contributed by atoms with van der Waals surface area (Å²) in [5.41, 5.74) is 1.55. The Labute approximate surface area is 149 Å². The molecule has 0 radical (unpaired) electrons. The first-order valence-electron chi connectivity index (χ1n) is 8.26. The number of aromatic nitrogens is 2. The Balaban J connectivity index is 1.49. The molecular formula is C18H19FN4OS. The molecule has 1 amide bonds. The van der Waals surface area contributed by atoms with Gasteiger partial charge < -0.3 is 9.80 Å². The van der Waals surface area contributed by atoms with Crippen LogP contribution in [0.2, 0.25) is 0 Å². The molecule has 0 atom stereocenters. The van der Waals surface area contributed by atoms with Crippen LogP contribution in [0.4, 0.5) is 10.1 Å². The highest BCUT2D eigenvalue weighted by Gasteiger charge is 2.25. The molecule has 1 saturated heterocycles. The summed E-state index contributed by atoms with van der Waals surface area (Å²) in [5, 5.41) is 5.42. The zero-order valence-corrected chi connectivity index (χ0v) is 15.0. The van der Waals surface area contributed by atoms with Crippen molar-refractivity contribution in [3.63, 3.8) is 0 Å². The number of fused-ring (bicyclic) bond motifs is 1. The lowest BCUT2D eigenvalue weighted by molar-refractivity contribution is 0.0751. The van der Waals surface area contributed by atoms with Gasteiger partial charge >= 0.3 is 0 Å². The summed E-state index contributed by atoms with van der Waals surface area (Å²) in [4.78, 5) is 18.4. The van der Waals surface area contributed by atoms with Crippen LogP contribution >= 0.6 is 11.3 Å². The number of anilines is 1. The first-order valence-corrected chi connectivity index (χ1v) is 9.08. The molecule has 0 unspecified atom stereocenters. The molecule has 130 valence electrons. The minimum atomic E-state index is -0.213. The van der Waals surface area contributed by atoms with Crippen molar-refractivity contribution >= 4 is 33.1 Å². The molecule has 7 heteroatoms. The smallest absolute Gasteiger partial charge is 0.264 e. The van der Waals surface area contributed by atoms with Gasteiger partial charge in [-0.2, -0.15) is 5.10 Å². The number of carbonyl (C=O) groups is 1. The van der Waals surface area contributed by atoms with Crippen LogP contribution in [0.15, 0.2) is 30.3 Å². The molecule has 1 aromatic carbocycles. The lowest BCUT2D eigenvalue weighted by Gasteiger charge is -2.36. The Morgan fingerprint density at radius 2 is 1.92 bits per heavy atom. The molecule has 25 heavy (non-hydrogen) atoms. The first-order chi connectivity index (χ1) is 12.0. The Morgan fingerprint density at radius 1 is 1.20 bits per heavy atom. The van der Waals surface area contributed by atoms with Gasteiger partial charge in [0.1, 0.15) is 10.6 Å². The van der Waals surface area contributed by atoms with Gasteiger partial charge in [0.05, 0.1) is 16.3 Å². The molecule has 0 N–H and O–H groups in total. The molecule has 0 spiro atoms. The van der Waals surface area contributed by atoms with Crippen LogP contribution in [0.3, 0.4) is 0 Å². The largest absolute Gasteiger partial charge is 0.366 e. The Morgan fingerprint density at radius 3 is 2.60 bits per heavy atom. The molecule has 0 bridgehead atoms. The molecule has 3 aromatic rings. The number of thiophene rings is 1. The molecule has 1 aliphatic heterocycles. The minimum Gasteiger partial charge on any atom is -0.366 e. The van der Waals surface area contributed by atoms with E-state index in [-0.39, 0.29) is 11.7 Å². The van der Waals surface area contributed by atoms with E-state index in [1.54, 1.807) is 12.1 Å². The Bertz CT molecular complexity index is 905. The molecule has 4 rings (SSSR count). The van der Waals surface area contributed by atoms with Crippen molar-refractivity contribution in [2.24, 2.45) is 7.05 Å². The highest BCUT2D eigenvalue weighted by Crippen LogP contribution is 2.29. The van der Waals surface area contributed by atoms with E-state index in [9.17, 15) is 9.18 Å². The number of carbonyl (C=O) groups excluding carboxylic acids is 1. The maximum Gasteiger partial charge on any atom is 0.264 e. The quantitative estimate of drug-likeness (QED) is 0.707. The van der Waals surface area contributed by atoms with E-state index in [1.807, 2.05) is 40.6 Å². The summed E-state index contributed by atoms with van der Waals surface area (Å²) in [6.45, 7) is 4.42. The van der Waals surface area contributed by atoms with Crippen LogP contribution in [0.25, 0.3) is 10.2 Å². The summed E-state index contributed by atoms with van der Waals surface area (Å²) >= 11 is 1.48. The Kier molecular flexibility index (Phi) is 3.95. The predicted molar refractivity (Wildman–Crippen MR) is 97.8 cm³/mol. The van der Waals surface area contributed by atoms with Crippen LogP contribution in [-0.4, -0.2) is 46.8 Å². The molecule has 3 heterocycles. The lowest BCUT2D eigenvalue weighted by Crippen LogP contribution is -2.48. The maximum absolute atomic E-state index is 13.9. The molecule has 1 fully saturated rings. The monoisotopic (exact) mass is 358 g/mol.